The number of nitrogens with zero attached hydrogens (tertiary/aromatic N) is 8. The molecule has 4 aromatic rings. The number of hydrogen-bond donors (Lipinski definition) is 1. The van der Waals surface area contributed by atoms with Gasteiger partial charge in [0.2, 0.25) is 0 Å². The summed E-state index contributed by atoms with van der Waals surface area (Å²) in [4.78, 5) is 24.8. The van der Waals surface area contributed by atoms with E-state index in [1.165, 1.54) is 23.4 Å². The molecule has 0 spiro atoms. The molecule has 0 fully saturated rings. The molecule has 0 atom stereocenters. The van der Waals surface area contributed by atoms with E-state index in [1.54, 1.807) is 27.7 Å². The third-order valence-corrected chi connectivity index (χ3v) is 5.72. The van der Waals surface area contributed by atoms with Gasteiger partial charge in [0.25, 0.3) is 0 Å². The molecule has 12 heteroatoms. The quantitative estimate of drug-likeness (QED) is 0.491. The number of hydrogen-bond acceptors (Lipinski definition) is 6. The van der Waals surface area contributed by atoms with E-state index in [9.17, 15) is 4.79 Å². The van der Waals surface area contributed by atoms with Crippen LogP contribution in [0.2, 0.25) is 10.2 Å². The highest BCUT2D eigenvalue weighted by atomic mass is 35.5. The highest BCUT2D eigenvalue weighted by molar-refractivity contribution is 6.32. The van der Waals surface area contributed by atoms with Crippen LogP contribution in [0.15, 0.2) is 36.9 Å². The first kappa shape index (κ1) is 19.7. The number of halogens is 2. The smallest absolute Gasteiger partial charge is 0.306 e. The summed E-state index contributed by atoms with van der Waals surface area (Å²) in [6.07, 6.45) is 6.99. The number of rotatable bonds is 2. The molecule has 5 heterocycles. The van der Waals surface area contributed by atoms with E-state index in [-0.39, 0.29) is 11.4 Å². The number of urea groups is 1. The molecule has 2 amide bonds. The molecule has 0 unspecified atom stereocenters. The Morgan fingerprint density at radius 1 is 1.13 bits per heavy atom. The first-order valence-corrected chi connectivity index (χ1v) is 10.2. The Morgan fingerprint density at radius 2 is 1.90 bits per heavy atom. The van der Waals surface area contributed by atoms with Gasteiger partial charge in [-0.2, -0.15) is 15.3 Å². The van der Waals surface area contributed by atoms with E-state index in [1.807, 2.05) is 0 Å². The van der Waals surface area contributed by atoms with Crippen molar-refractivity contribution < 1.29 is 4.79 Å². The zero-order chi connectivity index (χ0) is 21.8. The van der Waals surface area contributed by atoms with Gasteiger partial charge < -0.3 is 5.32 Å². The number of nitrogens with one attached hydrogen (secondary N) is 1. The van der Waals surface area contributed by atoms with Crippen LogP contribution in [0.4, 0.5) is 16.2 Å². The maximum Gasteiger partial charge on any atom is 0.326 e. The van der Waals surface area contributed by atoms with Gasteiger partial charge in [0.05, 0.1) is 46.9 Å². The molecule has 10 nitrogen and oxygen atoms in total. The fourth-order valence-electron chi connectivity index (χ4n) is 3.73. The first-order valence-electron chi connectivity index (χ1n) is 9.49. The van der Waals surface area contributed by atoms with E-state index in [0.29, 0.717) is 39.6 Å². The molecule has 1 N–H and O–H groups in total. The van der Waals surface area contributed by atoms with Crippen LogP contribution in [0, 0.1) is 0 Å². The molecular weight excluding hydrogens is 441 g/mol. The lowest BCUT2D eigenvalue weighted by atomic mass is 9.81. The van der Waals surface area contributed by atoms with Gasteiger partial charge >= 0.3 is 6.03 Å². The van der Waals surface area contributed by atoms with Crippen LogP contribution in [0.25, 0.3) is 11.5 Å². The van der Waals surface area contributed by atoms with Crippen LogP contribution in [0.3, 0.4) is 0 Å². The number of aromatic nitrogens is 7. The van der Waals surface area contributed by atoms with Crippen LogP contribution < -0.4 is 10.2 Å². The number of amides is 2. The fourth-order valence-corrected chi connectivity index (χ4v) is 4.15. The minimum atomic E-state index is -0.320. The van der Waals surface area contributed by atoms with Gasteiger partial charge in [-0.05, 0) is 12.5 Å². The lowest BCUT2D eigenvalue weighted by Crippen LogP contribution is -2.44. The Kier molecular flexibility index (Phi) is 4.56. The summed E-state index contributed by atoms with van der Waals surface area (Å²) in [5, 5.41) is 15.9. The number of fused-ring (bicyclic) bond motifs is 3. The standard InChI is InChI=1S/C19H17Cl2N9O/c1-19(2)3-6-28(13-10-22-15-8-14(21)27-29(15)16(13)19)18(31)26-11-7-12(20)17(23-9-11)30-24-4-5-25-30/h4-5,7-10H,3,6H2,1-2H3,(H,26,31). The molecule has 0 aromatic carbocycles. The van der Waals surface area contributed by atoms with Crippen molar-refractivity contribution in [3.8, 4) is 5.82 Å². The van der Waals surface area contributed by atoms with Gasteiger partial charge in [0.1, 0.15) is 0 Å². The van der Waals surface area contributed by atoms with Gasteiger partial charge in [-0.3, -0.25) is 4.90 Å². The Bertz CT molecular complexity index is 1300. The van der Waals surface area contributed by atoms with Crippen molar-refractivity contribution in [1.29, 1.82) is 0 Å². The molecule has 0 saturated carbocycles. The summed E-state index contributed by atoms with van der Waals surface area (Å²) in [7, 11) is 0. The summed E-state index contributed by atoms with van der Waals surface area (Å²) >= 11 is 12.4. The van der Waals surface area contributed by atoms with E-state index in [2.05, 4.69) is 44.4 Å². The zero-order valence-electron chi connectivity index (χ0n) is 16.6. The molecule has 0 aliphatic carbocycles. The van der Waals surface area contributed by atoms with Crippen LogP contribution in [-0.2, 0) is 5.41 Å². The van der Waals surface area contributed by atoms with E-state index in [4.69, 9.17) is 23.2 Å². The average Bonchev–Trinajstić information content (AvgIpc) is 3.36. The molecule has 158 valence electrons. The summed E-state index contributed by atoms with van der Waals surface area (Å²) < 4.78 is 1.71. The summed E-state index contributed by atoms with van der Waals surface area (Å²) in [6.45, 7) is 4.74. The van der Waals surface area contributed by atoms with Gasteiger partial charge in [0.15, 0.2) is 16.6 Å². The van der Waals surface area contributed by atoms with Crippen molar-refractivity contribution in [2.45, 2.75) is 25.7 Å². The normalized spacial score (nSPS) is 15.2. The third kappa shape index (κ3) is 3.37. The number of carbonyl (C=O) groups is 1. The van der Waals surface area contributed by atoms with E-state index < -0.39 is 0 Å². The van der Waals surface area contributed by atoms with Gasteiger partial charge in [-0.1, -0.05) is 37.0 Å². The summed E-state index contributed by atoms with van der Waals surface area (Å²) in [6, 6.07) is 2.98. The lowest BCUT2D eigenvalue weighted by Gasteiger charge is -2.38. The topological polar surface area (TPSA) is 106 Å². The maximum atomic E-state index is 13.1. The Balaban J connectivity index is 1.47. The average molecular weight is 458 g/mol. The largest absolute Gasteiger partial charge is 0.326 e. The highest BCUT2D eigenvalue weighted by Gasteiger charge is 2.37. The molecule has 4 aromatic heterocycles. The van der Waals surface area contributed by atoms with Gasteiger partial charge in [-0.25, -0.2) is 19.3 Å². The molecule has 31 heavy (non-hydrogen) atoms. The van der Waals surface area contributed by atoms with Crippen LogP contribution >= 0.6 is 23.2 Å². The summed E-state index contributed by atoms with van der Waals surface area (Å²) in [5.74, 6) is 0.372. The van der Waals surface area contributed by atoms with Crippen molar-refractivity contribution in [2.24, 2.45) is 0 Å². The van der Waals surface area contributed by atoms with Crippen molar-refractivity contribution in [2.75, 3.05) is 16.8 Å². The van der Waals surface area contributed by atoms with Crippen LogP contribution in [-0.4, -0.2) is 47.2 Å². The lowest BCUT2D eigenvalue weighted by molar-refractivity contribution is 0.255. The highest BCUT2D eigenvalue weighted by Crippen LogP contribution is 2.39. The van der Waals surface area contributed by atoms with Crippen LogP contribution in [0.5, 0.6) is 0 Å². The fraction of sp³-hybridized carbons (Fsp3) is 0.263. The Labute approximate surface area is 186 Å². The maximum absolute atomic E-state index is 13.1. The monoisotopic (exact) mass is 457 g/mol. The predicted octanol–water partition coefficient (Wildman–Crippen LogP) is 3.73. The van der Waals surface area contributed by atoms with E-state index >= 15 is 0 Å². The molecule has 0 saturated heterocycles. The van der Waals surface area contributed by atoms with Crippen molar-refractivity contribution in [3.63, 3.8) is 0 Å². The van der Waals surface area contributed by atoms with Crippen molar-refractivity contribution in [1.82, 2.24) is 34.6 Å². The second-order valence-electron chi connectivity index (χ2n) is 7.79. The molecule has 0 radical (unpaired) electrons. The molecule has 1 aliphatic heterocycles. The molecular formula is C19H17Cl2N9O. The number of carbonyl (C=O) groups excluding carboxylic acids is 1. The Hall–Kier alpha value is -3.24. The summed E-state index contributed by atoms with van der Waals surface area (Å²) in [5.41, 5.74) is 2.43. The van der Waals surface area contributed by atoms with Gasteiger partial charge in [-0.15, -0.1) is 4.80 Å². The Morgan fingerprint density at radius 3 is 2.65 bits per heavy atom. The zero-order valence-corrected chi connectivity index (χ0v) is 18.1. The molecule has 5 rings (SSSR count). The second kappa shape index (κ2) is 7.17. The van der Waals surface area contributed by atoms with Crippen LogP contribution in [0.1, 0.15) is 26.0 Å². The molecule has 0 bridgehead atoms. The first-order chi connectivity index (χ1) is 14.8. The third-order valence-electron chi connectivity index (χ3n) is 5.25. The predicted molar refractivity (Wildman–Crippen MR) is 116 cm³/mol. The number of pyridine rings is 1. The van der Waals surface area contributed by atoms with Crippen molar-refractivity contribution in [3.05, 3.63) is 52.8 Å². The second-order valence-corrected chi connectivity index (χ2v) is 8.59. The van der Waals surface area contributed by atoms with Gasteiger partial charge in [0, 0.05) is 18.0 Å². The minimum absolute atomic E-state index is 0.216. The SMILES string of the molecule is CC1(C)CCN(C(=O)Nc2cnc(-n3nccn3)c(Cl)c2)c2cnc3cc(Cl)nn3c21. The number of anilines is 2. The minimum Gasteiger partial charge on any atom is -0.306 e. The molecule has 1 aliphatic rings. The van der Waals surface area contributed by atoms with Crippen molar-refractivity contribution >= 4 is 46.3 Å². The van der Waals surface area contributed by atoms with E-state index in [0.717, 1.165) is 12.1 Å².